The van der Waals surface area contributed by atoms with E-state index in [4.69, 9.17) is 16.3 Å². The van der Waals surface area contributed by atoms with E-state index in [1.807, 2.05) is 42.6 Å². The van der Waals surface area contributed by atoms with E-state index in [2.05, 4.69) is 16.4 Å². The topological polar surface area (TPSA) is 60.8 Å². The molecule has 4 rings (SSSR count). The number of halogens is 1. The Labute approximate surface area is 145 Å². The molecule has 0 radical (unpaired) electrons. The Morgan fingerprint density at radius 1 is 1.25 bits per heavy atom. The molecule has 24 heavy (non-hydrogen) atoms. The van der Waals surface area contributed by atoms with E-state index >= 15 is 0 Å². The van der Waals surface area contributed by atoms with Gasteiger partial charge >= 0.3 is 0 Å². The first-order valence-corrected chi connectivity index (χ1v) is 8.31. The van der Waals surface area contributed by atoms with E-state index in [-0.39, 0.29) is 6.10 Å². The first kappa shape index (κ1) is 15.1. The number of rotatable bonds is 3. The van der Waals surface area contributed by atoms with Crippen molar-refractivity contribution in [1.29, 1.82) is 5.26 Å². The SMILES string of the molecule is N#Cc1cccc2c(-c3ccc(OC4CCNC4)c(Cl)c3)c[nH]c12. The molecule has 1 atom stereocenters. The van der Waals surface area contributed by atoms with Crippen molar-refractivity contribution in [1.82, 2.24) is 10.3 Å². The molecule has 1 aliphatic rings. The zero-order chi connectivity index (χ0) is 16.5. The molecule has 1 aliphatic heterocycles. The van der Waals surface area contributed by atoms with Gasteiger partial charge < -0.3 is 15.0 Å². The summed E-state index contributed by atoms with van der Waals surface area (Å²) in [7, 11) is 0. The molecule has 0 bridgehead atoms. The number of nitrogens with zero attached hydrogens (tertiary/aromatic N) is 1. The van der Waals surface area contributed by atoms with Gasteiger partial charge in [0.05, 0.1) is 16.1 Å². The molecular weight excluding hydrogens is 322 g/mol. The monoisotopic (exact) mass is 337 g/mol. The third-order valence-electron chi connectivity index (χ3n) is 4.39. The van der Waals surface area contributed by atoms with Crippen molar-refractivity contribution in [2.45, 2.75) is 12.5 Å². The highest BCUT2D eigenvalue weighted by Gasteiger charge is 2.18. The summed E-state index contributed by atoms with van der Waals surface area (Å²) in [5.41, 5.74) is 3.51. The Balaban J connectivity index is 1.70. The van der Waals surface area contributed by atoms with Crippen LogP contribution >= 0.6 is 11.6 Å². The highest BCUT2D eigenvalue weighted by Crippen LogP contribution is 2.35. The van der Waals surface area contributed by atoms with Crippen LogP contribution in [0, 0.1) is 11.3 Å². The number of H-pyrrole nitrogens is 1. The molecule has 2 aromatic carbocycles. The van der Waals surface area contributed by atoms with Gasteiger partial charge in [-0.25, -0.2) is 0 Å². The highest BCUT2D eigenvalue weighted by atomic mass is 35.5. The summed E-state index contributed by atoms with van der Waals surface area (Å²) in [6.45, 7) is 1.84. The number of benzene rings is 2. The van der Waals surface area contributed by atoms with Crippen molar-refractivity contribution in [2.75, 3.05) is 13.1 Å². The maximum absolute atomic E-state index is 9.22. The fourth-order valence-corrected chi connectivity index (χ4v) is 3.38. The fraction of sp³-hybridized carbons (Fsp3) is 0.211. The van der Waals surface area contributed by atoms with E-state index < -0.39 is 0 Å². The Bertz CT molecular complexity index is 935. The predicted molar refractivity (Wildman–Crippen MR) is 95.4 cm³/mol. The van der Waals surface area contributed by atoms with E-state index in [9.17, 15) is 5.26 Å². The number of hydrogen-bond donors (Lipinski definition) is 2. The molecule has 3 aromatic rings. The normalized spacial score (nSPS) is 17.1. The van der Waals surface area contributed by atoms with Gasteiger partial charge in [0, 0.05) is 23.7 Å². The van der Waals surface area contributed by atoms with Crippen LogP contribution in [0.1, 0.15) is 12.0 Å². The molecular formula is C19H16ClN3O. The summed E-state index contributed by atoms with van der Waals surface area (Å²) in [5.74, 6) is 0.715. The molecule has 120 valence electrons. The lowest BCUT2D eigenvalue weighted by atomic mass is 10.0. The second-order valence-corrected chi connectivity index (χ2v) is 6.33. The maximum atomic E-state index is 9.22. The average molecular weight is 338 g/mol. The average Bonchev–Trinajstić information content (AvgIpc) is 3.26. The van der Waals surface area contributed by atoms with Gasteiger partial charge in [-0.05, 0) is 36.7 Å². The van der Waals surface area contributed by atoms with E-state index in [0.29, 0.717) is 16.3 Å². The van der Waals surface area contributed by atoms with Crippen LogP contribution in [0.5, 0.6) is 5.75 Å². The molecule has 1 aromatic heterocycles. The molecule has 5 heteroatoms. The van der Waals surface area contributed by atoms with Gasteiger partial charge in [0.2, 0.25) is 0 Å². The zero-order valence-corrected chi connectivity index (χ0v) is 13.7. The van der Waals surface area contributed by atoms with Gasteiger partial charge in [-0.15, -0.1) is 0 Å². The maximum Gasteiger partial charge on any atom is 0.138 e. The van der Waals surface area contributed by atoms with E-state index in [1.54, 1.807) is 0 Å². The number of ether oxygens (including phenoxy) is 1. The molecule has 1 saturated heterocycles. The van der Waals surface area contributed by atoms with Crippen molar-refractivity contribution in [2.24, 2.45) is 0 Å². The fourth-order valence-electron chi connectivity index (χ4n) is 3.16. The highest BCUT2D eigenvalue weighted by molar-refractivity contribution is 6.32. The third-order valence-corrected chi connectivity index (χ3v) is 4.68. The van der Waals surface area contributed by atoms with Crippen molar-refractivity contribution in [3.05, 3.63) is 53.2 Å². The molecule has 1 unspecified atom stereocenters. The Morgan fingerprint density at radius 2 is 2.17 bits per heavy atom. The second kappa shape index (κ2) is 6.20. The second-order valence-electron chi connectivity index (χ2n) is 5.92. The first-order valence-electron chi connectivity index (χ1n) is 7.94. The minimum Gasteiger partial charge on any atom is -0.487 e. The Hall–Kier alpha value is -2.48. The summed E-state index contributed by atoms with van der Waals surface area (Å²) in [6, 6.07) is 13.8. The number of nitriles is 1. The third kappa shape index (κ3) is 2.62. The lowest BCUT2D eigenvalue weighted by Gasteiger charge is -2.14. The number of aromatic nitrogens is 1. The van der Waals surface area contributed by atoms with Gasteiger partial charge in [-0.1, -0.05) is 29.8 Å². The summed E-state index contributed by atoms with van der Waals surface area (Å²) >= 11 is 6.43. The van der Waals surface area contributed by atoms with Gasteiger partial charge in [0.25, 0.3) is 0 Å². The van der Waals surface area contributed by atoms with Crippen LogP contribution in [-0.4, -0.2) is 24.2 Å². The molecule has 2 N–H and O–H groups in total. The molecule has 1 fully saturated rings. The number of aromatic amines is 1. The summed E-state index contributed by atoms with van der Waals surface area (Å²) in [5, 5.41) is 14.1. The van der Waals surface area contributed by atoms with Gasteiger partial charge in [-0.2, -0.15) is 5.26 Å². The number of para-hydroxylation sites is 1. The minimum absolute atomic E-state index is 0.180. The van der Waals surface area contributed by atoms with E-state index in [0.717, 1.165) is 41.5 Å². The molecule has 0 spiro atoms. The van der Waals surface area contributed by atoms with Crippen LogP contribution in [0.25, 0.3) is 22.0 Å². The van der Waals surface area contributed by atoms with Crippen molar-refractivity contribution >= 4 is 22.5 Å². The lowest BCUT2D eigenvalue weighted by Crippen LogP contribution is -2.19. The predicted octanol–water partition coefficient (Wildman–Crippen LogP) is 4.10. The Kier molecular flexibility index (Phi) is 3.89. The van der Waals surface area contributed by atoms with Gasteiger partial charge in [0.1, 0.15) is 17.9 Å². The molecule has 4 nitrogen and oxygen atoms in total. The summed E-state index contributed by atoms with van der Waals surface area (Å²) in [6.07, 6.45) is 3.09. The van der Waals surface area contributed by atoms with E-state index in [1.165, 1.54) is 0 Å². The lowest BCUT2D eigenvalue weighted by molar-refractivity contribution is 0.223. The van der Waals surface area contributed by atoms with Gasteiger partial charge in [0.15, 0.2) is 0 Å². The van der Waals surface area contributed by atoms with Crippen LogP contribution in [0.4, 0.5) is 0 Å². The molecule has 0 saturated carbocycles. The van der Waals surface area contributed by atoms with Crippen LogP contribution < -0.4 is 10.1 Å². The standard InChI is InChI=1S/C19H16ClN3O/c20-17-8-12(4-5-18(17)24-14-6-7-22-10-14)16-11-23-19-13(9-21)2-1-3-15(16)19/h1-5,8,11,14,22-23H,6-7,10H2. The number of nitrogens with one attached hydrogen (secondary N) is 2. The zero-order valence-electron chi connectivity index (χ0n) is 13.0. The Morgan fingerprint density at radius 3 is 2.92 bits per heavy atom. The molecule has 0 amide bonds. The number of fused-ring (bicyclic) bond motifs is 1. The smallest absolute Gasteiger partial charge is 0.138 e. The minimum atomic E-state index is 0.180. The van der Waals surface area contributed by atoms with Crippen LogP contribution in [0.15, 0.2) is 42.6 Å². The van der Waals surface area contributed by atoms with Crippen molar-refractivity contribution in [3.8, 4) is 22.9 Å². The largest absolute Gasteiger partial charge is 0.487 e. The quantitative estimate of drug-likeness (QED) is 0.756. The van der Waals surface area contributed by atoms with Crippen molar-refractivity contribution < 1.29 is 4.74 Å². The van der Waals surface area contributed by atoms with Crippen LogP contribution in [0.2, 0.25) is 5.02 Å². The first-order chi connectivity index (χ1) is 11.8. The van der Waals surface area contributed by atoms with Crippen LogP contribution in [-0.2, 0) is 0 Å². The molecule has 2 heterocycles. The summed E-state index contributed by atoms with van der Waals surface area (Å²) < 4.78 is 5.96. The number of hydrogen-bond acceptors (Lipinski definition) is 3. The van der Waals surface area contributed by atoms with Crippen molar-refractivity contribution in [3.63, 3.8) is 0 Å². The molecule has 0 aliphatic carbocycles. The van der Waals surface area contributed by atoms with Crippen LogP contribution in [0.3, 0.4) is 0 Å². The van der Waals surface area contributed by atoms with Gasteiger partial charge in [-0.3, -0.25) is 0 Å². The summed E-state index contributed by atoms with van der Waals surface area (Å²) in [4.78, 5) is 3.19.